The first kappa shape index (κ1) is 19.9. The lowest BCUT2D eigenvalue weighted by Crippen LogP contribution is -2.02. The van der Waals surface area contributed by atoms with E-state index in [1.807, 2.05) is 6.92 Å². The fraction of sp³-hybridized carbons (Fsp3) is 0.444. The van der Waals surface area contributed by atoms with Crippen molar-refractivity contribution in [1.82, 2.24) is 0 Å². The molecule has 6 heteroatoms. The summed E-state index contributed by atoms with van der Waals surface area (Å²) in [6.07, 6.45) is 5.57. The number of hydrogen-bond acceptors (Lipinski definition) is 4. The molecule has 0 spiro atoms. The van der Waals surface area contributed by atoms with Gasteiger partial charge in [-0.15, -0.1) is 0 Å². The second-order valence-corrected chi connectivity index (χ2v) is 5.55. The van der Waals surface area contributed by atoms with E-state index in [-0.39, 0.29) is 5.57 Å². The first-order valence-corrected chi connectivity index (χ1v) is 8.35. The number of carboxylic acid groups (broad SMARTS) is 1. The largest absolute Gasteiger partial charge is 0.490 e. The molecular formula is C18H22ClNO4. The molecule has 5 nitrogen and oxygen atoms in total. The Kier molecular flexibility index (Phi) is 8.74. The van der Waals surface area contributed by atoms with Crippen LogP contribution in [0.2, 0.25) is 5.02 Å². The third-order valence-electron chi connectivity index (χ3n) is 3.24. The molecule has 0 heterocycles. The number of ether oxygens (including phenoxy) is 2. The fourth-order valence-electron chi connectivity index (χ4n) is 2.09. The molecule has 24 heavy (non-hydrogen) atoms. The second-order valence-electron chi connectivity index (χ2n) is 5.15. The Morgan fingerprint density at radius 1 is 1.29 bits per heavy atom. The number of nitrogens with zero attached hydrogens (tertiary/aromatic N) is 1. The maximum absolute atomic E-state index is 10.9. The van der Waals surface area contributed by atoms with Gasteiger partial charge in [-0.25, -0.2) is 4.79 Å². The number of carbonyl (C=O) groups is 1. The molecule has 0 aliphatic heterocycles. The van der Waals surface area contributed by atoms with Gasteiger partial charge >= 0.3 is 5.97 Å². The predicted molar refractivity (Wildman–Crippen MR) is 93.5 cm³/mol. The quantitative estimate of drug-likeness (QED) is 0.376. The summed E-state index contributed by atoms with van der Waals surface area (Å²) in [7, 11) is 0. The van der Waals surface area contributed by atoms with E-state index < -0.39 is 5.97 Å². The van der Waals surface area contributed by atoms with E-state index in [0.29, 0.717) is 35.3 Å². The van der Waals surface area contributed by atoms with E-state index in [1.165, 1.54) is 6.08 Å². The summed E-state index contributed by atoms with van der Waals surface area (Å²) < 4.78 is 11.3. The van der Waals surface area contributed by atoms with Crippen LogP contribution in [0.4, 0.5) is 0 Å². The monoisotopic (exact) mass is 351 g/mol. The van der Waals surface area contributed by atoms with Gasteiger partial charge in [0.25, 0.3) is 0 Å². The van der Waals surface area contributed by atoms with Gasteiger partial charge in [0.1, 0.15) is 11.6 Å². The molecule has 0 radical (unpaired) electrons. The molecule has 0 unspecified atom stereocenters. The number of halogens is 1. The molecule has 0 fully saturated rings. The molecule has 1 N–H and O–H groups in total. The predicted octanol–water partition coefficient (Wildman–Crippen LogP) is 4.69. The summed E-state index contributed by atoms with van der Waals surface area (Å²) >= 11 is 6.25. The molecule has 0 aliphatic rings. The van der Waals surface area contributed by atoms with Gasteiger partial charge in [-0.2, -0.15) is 5.26 Å². The van der Waals surface area contributed by atoms with Crippen molar-refractivity contribution in [1.29, 1.82) is 5.26 Å². The average Bonchev–Trinajstić information content (AvgIpc) is 2.54. The molecule has 1 aromatic carbocycles. The number of carboxylic acids is 1. The third-order valence-corrected chi connectivity index (χ3v) is 3.52. The number of hydrogen-bond donors (Lipinski definition) is 1. The number of aliphatic carboxylic acids is 1. The molecule has 0 saturated carbocycles. The number of rotatable bonds is 10. The zero-order valence-electron chi connectivity index (χ0n) is 14.0. The minimum atomic E-state index is -1.29. The van der Waals surface area contributed by atoms with Gasteiger partial charge in [0, 0.05) is 0 Å². The lowest BCUT2D eigenvalue weighted by molar-refractivity contribution is -0.132. The Morgan fingerprint density at radius 2 is 2.04 bits per heavy atom. The first-order valence-electron chi connectivity index (χ1n) is 7.97. The van der Waals surface area contributed by atoms with E-state index >= 15 is 0 Å². The van der Waals surface area contributed by atoms with Crippen LogP contribution in [0.5, 0.6) is 11.5 Å². The van der Waals surface area contributed by atoms with E-state index in [9.17, 15) is 4.79 Å². The van der Waals surface area contributed by atoms with Crippen molar-refractivity contribution in [2.45, 2.75) is 39.5 Å². The molecule has 0 aliphatic carbocycles. The normalized spacial score (nSPS) is 11.0. The van der Waals surface area contributed by atoms with Crippen molar-refractivity contribution in [3.05, 3.63) is 28.3 Å². The molecule has 1 aromatic rings. The highest BCUT2D eigenvalue weighted by Gasteiger charge is 2.14. The molecule has 1 rings (SSSR count). The van der Waals surface area contributed by atoms with Gasteiger partial charge in [-0.1, -0.05) is 37.8 Å². The number of benzene rings is 1. The van der Waals surface area contributed by atoms with Gasteiger partial charge in [0.15, 0.2) is 11.5 Å². The Balaban J connectivity index is 3.01. The second kappa shape index (κ2) is 10.6. The van der Waals surface area contributed by atoms with Crippen LogP contribution < -0.4 is 9.47 Å². The molecular weight excluding hydrogens is 330 g/mol. The summed E-state index contributed by atoms with van der Waals surface area (Å²) in [4.78, 5) is 10.9. The van der Waals surface area contributed by atoms with Crippen molar-refractivity contribution >= 4 is 23.6 Å². The van der Waals surface area contributed by atoms with E-state index in [4.69, 9.17) is 31.4 Å². The van der Waals surface area contributed by atoms with Crippen molar-refractivity contribution < 1.29 is 19.4 Å². The molecule has 0 amide bonds. The summed E-state index contributed by atoms with van der Waals surface area (Å²) in [5.74, 6) is -0.404. The zero-order chi connectivity index (χ0) is 17.9. The van der Waals surface area contributed by atoms with Crippen LogP contribution in [0, 0.1) is 11.3 Å². The van der Waals surface area contributed by atoms with E-state index in [0.717, 1.165) is 25.7 Å². The summed E-state index contributed by atoms with van der Waals surface area (Å²) in [5, 5.41) is 18.1. The highest BCUT2D eigenvalue weighted by atomic mass is 35.5. The van der Waals surface area contributed by atoms with Crippen molar-refractivity contribution in [3.63, 3.8) is 0 Å². The van der Waals surface area contributed by atoms with Crippen molar-refractivity contribution in [2.75, 3.05) is 13.2 Å². The van der Waals surface area contributed by atoms with Gasteiger partial charge in [-0.05, 0) is 37.1 Å². The lowest BCUT2D eigenvalue weighted by Gasteiger charge is -2.14. The van der Waals surface area contributed by atoms with Crippen LogP contribution in [0.3, 0.4) is 0 Å². The Bertz CT molecular complexity index is 635. The van der Waals surface area contributed by atoms with Crippen molar-refractivity contribution in [3.8, 4) is 17.6 Å². The number of nitriles is 1. The van der Waals surface area contributed by atoms with Crippen molar-refractivity contribution in [2.24, 2.45) is 0 Å². The van der Waals surface area contributed by atoms with Crippen LogP contribution in [0.25, 0.3) is 6.08 Å². The molecule has 0 atom stereocenters. The van der Waals surface area contributed by atoms with E-state index in [2.05, 4.69) is 6.92 Å². The molecule has 0 saturated heterocycles. The maximum Gasteiger partial charge on any atom is 0.346 e. The molecule has 130 valence electrons. The number of unbranched alkanes of at least 4 members (excludes halogenated alkanes) is 3. The average molecular weight is 352 g/mol. The van der Waals surface area contributed by atoms with Crippen LogP contribution in [-0.2, 0) is 4.79 Å². The van der Waals surface area contributed by atoms with Gasteiger partial charge in [0.05, 0.1) is 18.2 Å². The van der Waals surface area contributed by atoms with Crippen LogP contribution in [-0.4, -0.2) is 24.3 Å². The summed E-state index contributed by atoms with van der Waals surface area (Å²) in [6, 6.07) is 4.82. The first-order chi connectivity index (χ1) is 11.5. The lowest BCUT2D eigenvalue weighted by atomic mass is 10.1. The van der Waals surface area contributed by atoms with Gasteiger partial charge < -0.3 is 14.6 Å². The Labute approximate surface area is 147 Å². The highest BCUT2D eigenvalue weighted by molar-refractivity contribution is 6.32. The van der Waals surface area contributed by atoms with Crippen LogP contribution >= 0.6 is 11.6 Å². The minimum absolute atomic E-state index is 0.324. The SMILES string of the molecule is CCCCCCOc1c(Cl)cc(C=C(C#N)C(=O)O)cc1OCC. The van der Waals surface area contributed by atoms with Gasteiger partial charge in [0.2, 0.25) is 0 Å². The van der Waals surface area contributed by atoms with Crippen LogP contribution in [0.1, 0.15) is 45.1 Å². The molecule has 0 aromatic heterocycles. The smallest absolute Gasteiger partial charge is 0.346 e. The topological polar surface area (TPSA) is 79.5 Å². The minimum Gasteiger partial charge on any atom is -0.490 e. The Morgan fingerprint density at radius 3 is 2.62 bits per heavy atom. The summed E-state index contributed by atoms with van der Waals surface area (Å²) in [6.45, 7) is 4.93. The molecule has 0 bridgehead atoms. The van der Waals surface area contributed by atoms with Gasteiger partial charge in [-0.3, -0.25) is 0 Å². The van der Waals surface area contributed by atoms with Crippen LogP contribution in [0.15, 0.2) is 17.7 Å². The highest BCUT2D eigenvalue weighted by Crippen LogP contribution is 2.37. The maximum atomic E-state index is 10.9. The zero-order valence-corrected chi connectivity index (χ0v) is 14.7. The Hall–Kier alpha value is -2.19. The fourth-order valence-corrected chi connectivity index (χ4v) is 2.36. The third kappa shape index (κ3) is 6.13. The summed E-state index contributed by atoms with van der Waals surface area (Å²) in [5.41, 5.74) is 0.0995. The standard InChI is InChI=1S/C18H22ClNO4/c1-3-5-6-7-8-24-17-15(19)10-13(11-16(17)23-4-2)9-14(12-20)18(21)22/h9-11H,3-8H2,1-2H3,(H,21,22). The van der Waals surface area contributed by atoms with E-state index in [1.54, 1.807) is 18.2 Å².